The third-order valence-electron chi connectivity index (χ3n) is 6.41. The van der Waals surface area contributed by atoms with Crippen molar-refractivity contribution < 1.29 is 18.0 Å². The standard InChI is InChI=1S/C30H36ClN3O4S/c1-21(2)18-32-30(36)24(5)33(19-25-12-9-11-22(3)17-25)29(35)20-34(28-16-10-15-27(31)23(28)4)39(37,38)26-13-7-6-8-14-26/h6-17,21,24H,18-20H2,1-5H3,(H,32,36). The van der Waals surface area contributed by atoms with Gasteiger partial charge in [-0.05, 0) is 62.1 Å². The highest BCUT2D eigenvalue weighted by atomic mass is 35.5. The van der Waals surface area contributed by atoms with Gasteiger partial charge in [0.05, 0.1) is 10.6 Å². The van der Waals surface area contributed by atoms with Crippen LogP contribution in [0.4, 0.5) is 5.69 Å². The maximum Gasteiger partial charge on any atom is 0.264 e. The number of amides is 2. The van der Waals surface area contributed by atoms with Gasteiger partial charge in [0.1, 0.15) is 12.6 Å². The summed E-state index contributed by atoms with van der Waals surface area (Å²) in [5.74, 6) is -0.580. The first-order valence-electron chi connectivity index (χ1n) is 12.9. The second kappa shape index (κ2) is 13.1. The fourth-order valence-corrected chi connectivity index (χ4v) is 5.80. The maximum atomic E-state index is 14.0. The summed E-state index contributed by atoms with van der Waals surface area (Å²) in [5.41, 5.74) is 2.68. The Labute approximate surface area is 236 Å². The van der Waals surface area contributed by atoms with Crippen molar-refractivity contribution in [3.05, 3.63) is 94.5 Å². The van der Waals surface area contributed by atoms with Gasteiger partial charge in [-0.15, -0.1) is 0 Å². The lowest BCUT2D eigenvalue weighted by Gasteiger charge is -2.32. The molecule has 0 bridgehead atoms. The topological polar surface area (TPSA) is 86.8 Å². The molecule has 0 saturated carbocycles. The van der Waals surface area contributed by atoms with Gasteiger partial charge in [0.25, 0.3) is 10.0 Å². The third-order valence-corrected chi connectivity index (χ3v) is 8.59. The predicted molar refractivity (Wildman–Crippen MR) is 156 cm³/mol. The molecule has 7 nitrogen and oxygen atoms in total. The molecule has 2 amide bonds. The molecule has 9 heteroatoms. The maximum absolute atomic E-state index is 14.0. The van der Waals surface area contributed by atoms with Gasteiger partial charge in [0.15, 0.2) is 0 Å². The molecule has 0 spiro atoms. The molecule has 0 radical (unpaired) electrons. The fourth-order valence-electron chi connectivity index (χ4n) is 4.14. The molecule has 0 heterocycles. The molecule has 0 saturated heterocycles. The highest BCUT2D eigenvalue weighted by Crippen LogP contribution is 2.31. The number of sulfonamides is 1. The lowest BCUT2D eigenvalue weighted by Crippen LogP contribution is -2.51. The number of hydrogen-bond acceptors (Lipinski definition) is 4. The summed E-state index contributed by atoms with van der Waals surface area (Å²) in [6.45, 7) is 9.39. The average Bonchev–Trinajstić information content (AvgIpc) is 2.90. The van der Waals surface area contributed by atoms with E-state index in [1.807, 2.05) is 45.0 Å². The molecule has 0 aromatic heterocycles. The minimum atomic E-state index is -4.14. The van der Waals surface area contributed by atoms with Crippen molar-refractivity contribution >= 4 is 39.1 Å². The van der Waals surface area contributed by atoms with Crippen LogP contribution in [0, 0.1) is 19.8 Å². The van der Waals surface area contributed by atoms with Crippen molar-refractivity contribution in [1.29, 1.82) is 0 Å². The summed E-state index contributed by atoms with van der Waals surface area (Å²) in [5, 5.41) is 3.27. The highest BCUT2D eigenvalue weighted by molar-refractivity contribution is 7.92. The number of carbonyl (C=O) groups excluding carboxylic acids is 2. The van der Waals surface area contributed by atoms with Gasteiger partial charge in [-0.2, -0.15) is 0 Å². The van der Waals surface area contributed by atoms with Gasteiger partial charge in [-0.1, -0.05) is 79.5 Å². The van der Waals surface area contributed by atoms with Crippen LogP contribution in [0.2, 0.25) is 5.02 Å². The number of carbonyl (C=O) groups is 2. The molecule has 1 N–H and O–H groups in total. The van der Waals surface area contributed by atoms with Crippen molar-refractivity contribution in [3.63, 3.8) is 0 Å². The van der Waals surface area contributed by atoms with Gasteiger partial charge in [0, 0.05) is 18.1 Å². The average molecular weight is 570 g/mol. The van der Waals surface area contributed by atoms with Crippen molar-refractivity contribution in [3.8, 4) is 0 Å². The summed E-state index contributed by atoms with van der Waals surface area (Å²) in [7, 11) is -4.14. The Balaban J connectivity index is 2.04. The number of anilines is 1. The predicted octanol–water partition coefficient (Wildman–Crippen LogP) is 5.34. The molecule has 3 aromatic carbocycles. The first kappa shape index (κ1) is 30.2. The number of halogens is 1. The second-order valence-corrected chi connectivity index (χ2v) is 12.3. The van der Waals surface area contributed by atoms with E-state index in [4.69, 9.17) is 11.6 Å². The Kier molecular flexibility index (Phi) is 10.2. The summed E-state index contributed by atoms with van der Waals surface area (Å²) < 4.78 is 28.8. The second-order valence-electron chi connectivity index (χ2n) is 10.0. The Morgan fingerprint density at radius 1 is 0.923 bits per heavy atom. The van der Waals surface area contributed by atoms with Crippen LogP contribution in [0.15, 0.2) is 77.7 Å². The van der Waals surface area contributed by atoms with Crippen LogP contribution in [-0.2, 0) is 26.2 Å². The Morgan fingerprint density at radius 2 is 1.59 bits per heavy atom. The summed E-state index contributed by atoms with van der Waals surface area (Å²) >= 11 is 6.36. The van der Waals surface area contributed by atoms with Crippen LogP contribution in [0.5, 0.6) is 0 Å². The summed E-state index contributed by atoms with van der Waals surface area (Å²) in [6, 6.07) is 19.7. The minimum Gasteiger partial charge on any atom is -0.354 e. The largest absolute Gasteiger partial charge is 0.354 e. The number of aryl methyl sites for hydroxylation is 1. The van der Waals surface area contributed by atoms with E-state index in [0.29, 0.717) is 22.8 Å². The number of nitrogens with one attached hydrogen (secondary N) is 1. The number of rotatable bonds is 11. The molecule has 39 heavy (non-hydrogen) atoms. The van der Waals surface area contributed by atoms with E-state index < -0.39 is 28.5 Å². The fraction of sp³-hybridized carbons (Fsp3) is 0.333. The monoisotopic (exact) mass is 569 g/mol. The van der Waals surface area contributed by atoms with Gasteiger partial charge < -0.3 is 10.2 Å². The lowest BCUT2D eigenvalue weighted by molar-refractivity contribution is -0.139. The van der Waals surface area contributed by atoms with E-state index in [0.717, 1.165) is 15.4 Å². The molecule has 0 aliphatic carbocycles. The van der Waals surface area contributed by atoms with E-state index in [-0.39, 0.29) is 23.3 Å². The SMILES string of the molecule is Cc1cccc(CN(C(=O)CN(c2cccc(Cl)c2C)S(=O)(=O)c2ccccc2)C(C)C(=O)NCC(C)C)c1. The van der Waals surface area contributed by atoms with Crippen molar-refractivity contribution in [2.45, 2.75) is 52.1 Å². The van der Waals surface area contributed by atoms with E-state index >= 15 is 0 Å². The Bertz CT molecular complexity index is 1410. The molecule has 208 valence electrons. The molecular weight excluding hydrogens is 534 g/mol. The van der Waals surface area contributed by atoms with E-state index in [1.54, 1.807) is 50.2 Å². The number of hydrogen-bond donors (Lipinski definition) is 1. The van der Waals surface area contributed by atoms with Crippen molar-refractivity contribution in [2.75, 3.05) is 17.4 Å². The van der Waals surface area contributed by atoms with Crippen LogP contribution in [0.1, 0.15) is 37.5 Å². The molecule has 0 fully saturated rings. The van der Waals surface area contributed by atoms with Gasteiger partial charge >= 0.3 is 0 Å². The van der Waals surface area contributed by atoms with Gasteiger partial charge in [-0.3, -0.25) is 13.9 Å². The van der Waals surface area contributed by atoms with E-state index in [2.05, 4.69) is 5.32 Å². The molecule has 0 aliphatic rings. The zero-order chi connectivity index (χ0) is 28.7. The van der Waals surface area contributed by atoms with Crippen LogP contribution in [-0.4, -0.2) is 44.3 Å². The van der Waals surface area contributed by atoms with Crippen LogP contribution >= 0.6 is 11.6 Å². The van der Waals surface area contributed by atoms with Crippen LogP contribution < -0.4 is 9.62 Å². The van der Waals surface area contributed by atoms with Crippen molar-refractivity contribution in [1.82, 2.24) is 10.2 Å². The molecule has 0 aliphatic heterocycles. The normalized spacial score (nSPS) is 12.2. The lowest BCUT2D eigenvalue weighted by atomic mass is 10.1. The van der Waals surface area contributed by atoms with Crippen molar-refractivity contribution in [2.24, 2.45) is 5.92 Å². The zero-order valence-electron chi connectivity index (χ0n) is 23.0. The minimum absolute atomic E-state index is 0.0464. The van der Waals surface area contributed by atoms with E-state index in [1.165, 1.54) is 17.0 Å². The van der Waals surface area contributed by atoms with Gasteiger partial charge in [0.2, 0.25) is 11.8 Å². The van der Waals surface area contributed by atoms with E-state index in [9.17, 15) is 18.0 Å². The number of benzene rings is 3. The molecule has 1 unspecified atom stereocenters. The third kappa shape index (κ3) is 7.61. The molecule has 1 atom stereocenters. The summed E-state index contributed by atoms with van der Waals surface area (Å²) in [6.07, 6.45) is 0. The van der Waals surface area contributed by atoms with Crippen LogP contribution in [0.3, 0.4) is 0 Å². The van der Waals surface area contributed by atoms with Crippen LogP contribution in [0.25, 0.3) is 0 Å². The molecule has 3 rings (SSSR count). The highest BCUT2D eigenvalue weighted by Gasteiger charge is 2.33. The first-order valence-corrected chi connectivity index (χ1v) is 14.7. The zero-order valence-corrected chi connectivity index (χ0v) is 24.6. The Hall–Kier alpha value is -3.36. The Morgan fingerprint density at radius 3 is 2.23 bits per heavy atom. The summed E-state index contributed by atoms with van der Waals surface area (Å²) in [4.78, 5) is 28.5. The first-order chi connectivity index (χ1) is 18.4. The quantitative estimate of drug-likeness (QED) is 0.338. The molecular formula is C30H36ClN3O4S. The smallest absolute Gasteiger partial charge is 0.264 e. The van der Waals surface area contributed by atoms with Gasteiger partial charge in [-0.25, -0.2) is 8.42 Å². The molecule has 3 aromatic rings. The number of nitrogens with zero attached hydrogens (tertiary/aromatic N) is 2.